The topological polar surface area (TPSA) is 59.4 Å². The van der Waals surface area contributed by atoms with Crippen molar-refractivity contribution in [2.75, 3.05) is 37.6 Å². The van der Waals surface area contributed by atoms with E-state index in [0.717, 1.165) is 63.6 Å². The number of nitriles is 1. The summed E-state index contributed by atoms with van der Waals surface area (Å²) in [7, 11) is 0. The summed E-state index contributed by atoms with van der Waals surface area (Å²) >= 11 is 0. The Hall–Kier alpha value is -2.13. The number of unbranched alkanes of at least 4 members (excludes halogenated alkanes) is 1. The normalized spacial score (nSPS) is 22.2. The third-order valence-corrected chi connectivity index (χ3v) is 6.89. The average Bonchev–Trinajstić information content (AvgIpc) is 2.79. The van der Waals surface area contributed by atoms with E-state index in [0.29, 0.717) is 25.3 Å². The molecule has 31 heavy (non-hydrogen) atoms. The highest BCUT2D eigenvalue weighted by molar-refractivity contribution is 5.76. The minimum atomic E-state index is -0.112. The van der Waals surface area contributed by atoms with Gasteiger partial charge in [0.25, 0.3) is 0 Å². The molecule has 1 N–H and O–H groups in total. The van der Waals surface area contributed by atoms with Crippen LogP contribution >= 0.6 is 0 Å². The number of rotatable bonds is 9. The Morgan fingerprint density at radius 1 is 1.19 bits per heavy atom. The molecule has 1 aliphatic heterocycles. The molecule has 1 aliphatic carbocycles. The van der Waals surface area contributed by atoms with Crippen molar-refractivity contribution in [1.82, 2.24) is 10.2 Å². The molecule has 0 atom stereocenters. The third kappa shape index (κ3) is 7.21. The van der Waals surface area contributed by atoms with E-state index in [1.54, 1.807) is 6.07 Å². The van der Waals surface area contributed by atoms with Crippen molar-refractivity contribution >= 4 is 11.6 Å². The first-order valence-electron chi connectivity index (χ1n) is 12.0. The van der Waals surface area contributed by atoms with Gasteiger partial charge in [0, 0.05) is 45.1 Å². The number of carbonyl (C=O) groups is 1. The van der Waals surface area contributed by atoms with E-state index < -0.39 is 0 Å². The number of amides is 1. The van der Waals surface area contributed by atoms with E-state index in [1.807, 2.05) is 12.1 Å². The Kier molecular flexibility index (Phi) is 9.14. The number of hydrogen-bond acceptors (Lipinski definition) is 4. The molecule has 0 bridgehead atoms. The Morgan fingerprint density at radius 2 is 1.94 bits per heavy atom. The van der Waals surface area contributed by atoms with Gasteiger partial charge in [0.15, 0.2) is 0 Å². The van der Waals surface area contributed by atoms with Gasteiger partial charge in [-0.2, -0.15) is 5.26 Å². The van der Waals surface area contributed by atoms with Crippen LogP contribution in [-0.2, 0) is 11.2 Å². The fourth-order valence-electron chi connectivity index (χ4n) is 4.82. The maximum atomic E-state index is 14.3. The van der Waals surface area contributed by atoms with E-state index in [1.165, 1.54) is 24.8 Å². The Morgan fingerprint density at radius 3 is 2.61 bits per heavy atom. The summed E-state index contributed by atoms with van der Waals surface area (Å²) in [5, 5.41) is 11.7. The van der Waals surface area contributed by atoms with Gasteiger partial charge in [-0.15, -0.1) is 0 Å². The van der Waals surface area contributed by atoms with E-state index in [2.05, 4.69) is 28.1 Å². The molecule has 5 nitrogen and oxygen atoms in total. The highest BCUT2D eigenvalue weighted by Gasteiger charge is 2.24. The largest absolute Gasteiger partial charge is 0.367 e. The number of piperazine rings is 1. The second-order valence-corrected chi connectivity index (χ2v) is 9.05. The summed E-state index contributed by atoms with van der Waals surface area (Å²) in [6.07, 6.45) is 8.20. The zero-order valence-corrected chi connectivity index (χ0v) is 18.9. The van der Waals surface area contributed by atoms with Gasteiger partial charge < -0.3 is 10.2 Å². The molecule has 0 radical (unpaired) electrons. The molecule has 0 spiro atoms. The van der Waals surface area contributed by atoms with Crippen LogP contribution in [0.2, 0.25) is 0 Å². The molecular formula is C25H37FN4O. The van der Waals surface area contributed by atoms with Gasteiger partial charge >= 0.3 is 0 Å². The summed E-state index contributed by atoms with van der Waals surface area (Å²) in [6.45, 7) is 6.96. The van der Waals surface area contributed by atoms with Crippen molar-refractivity contribution in [3.05, 3.63) is 29.6 Å². The first-order chi connectivity index (χ1) is 15.1. The molecule has 2 aliphatic rings. The fraction of sp³-hybridized carbons (Fsp3) is 0.680. The molecule has 3 rings (SSSR count). The molecule has 1 amide bonds. The standard InChI is InChI=1S/C25H37FN4O/c1-2-20-8-11-23(26)24(19-20)30-17-15-29(16-18-30)14-12-21-6-9-22(10-7-21)28-25(31)5-3-4-13-27/h8,11,19,21-22H,2-7,9-10,12,14-18H2,1H3,(H,28,31). The van der Waals surface area contributed by atoms with E-state index in [4.69, 9.17) is 5.26 Å². The molecule has 2 fully saturated rings. The lowest BCUT2D eigenvalue weighted by atomic mass is 9.84. The van der Waals surface area contributed by atoms with Crippen LogP contribution in [0, 0.1) is 23.1 Å². The summed E-state index contributed by atoms with van der Waals surface area (Å²) < 4.78 is 14.3. The van der Waals surface area contributed by atoms with Gasteiger partial charge in [-0.1, -0.05) is 13.0 Å². The van der Waals surface area contributed by atoms with Crippen LogP contribution in [0.1, 0.15) is 63.9 Å². The van der Waals surface area contributed by atoms with Gasteiger partial charge in [0.1, 0.15) is 5.82 Å². The number of halogens is 1. The van der Waals surface area contributed by atoms with Crippen LogP contribution in [0.25, 0.3) is 0 Å². The zero-order valence-electron chi connectivity index (χ0n) is 18.9. The first-order valence-corrected chi connectivity index (χ1v) is 12.0. The zero-order chi connectivity index (χ0) is 22.1. The van der Waals surface area contributed by atoms with E-state index in [-0.39, 0.29) is 11.7 Å². The number of carbonyl (C=O) groups excluding carboxylic acids is 1. The second kappa shape index (κ2) is 12.0. The van der Waals surface area contributed by atoms with Gasteiger partial charge in [-0.25, -0.2) is 4.39 Å². The number of hydrogen-bond donors (Lipinski definition) is 1. The van der Waals surface area contributed by atoms with Crippen LogP contribution in [0.3, 0.4) is 0 Å². The number of anilines is 1. The lowest BCUT2D eigenvalue weighted by molar-refractivity contribution is -0.122. The Balaban J connectivity index is 1.33. The van der Waals surface area contributed by atoms with E-state index >= 15 is 0 Å². The summed E-state index contributed by atoms with van der Waals surface area (Å²) in [5.74, 6) is 0.723. The van der Waals surface area contributed by atoms with Crippen LogP contribution in [0.4, 0.5) is 10.1 Å². The number of aryl methyl sites for hydroxylation is 1. The lowest BCUT2D eigenvalue weighted by Gasteiger charge is -2.37. The monoisotopic (exact) mass is 428 g/mol. The van der Waals surface area contributed by atoms with Crippen LogP contribution in [0.5, 0.6) is 0 Å². The van der Waals surface area contributed by atoms with Gasteiger partial charge in [-0.05, 0) is 75.1 Å². The van der Waals surface area contributed by atoms with Crippen molar-refractivity contribution < 1.29 is 9.18 Å². The minimum Gasteiger partial charge on any atom is -0.367 e. The second-order valence-electron chi connectivity index (χ2n) is 9.05. The molecule has 170 valence electrons. The van der Waals surface area contributed by atoms with Crippen LogP contribution < -0.4 is 10.2 Å². The molecule has 1 saturated heterocycles. The lowest BCUT2D eigenvalue weighted by Crippen LogP contribution is -2.47. The number of nitrogens with zero attached hydrogens (tertiary/aromatic N) is 3. The summed E-state index contributed by atoms with van der Waals surface area (Å²) in [4.78, 5) is 16.6. The molecule has 1 aromatic carbocycles. The van der Waals surface area contributed by atoms with E-state index in [9.17, 15) is 9.18 Å². The maximum absolute atomic E-state index is 14.3. The van der Waals surface area contributed by atoms with Gasteiger partial charge in [-0.3, -0.25) is 9.69 Å². The van der Waals surface area contributed by atoms with Crippen molar-refractivity contribution in [3.8, 4) is 6.07 Å². The minimum absolute atomic E-state index is 0.0949. The van der Waals surface area contributed by atoms with Crippen molar-refractivity contribution in [2.45, 2.75) is 70.8 Å². The first kappa shape index (κ1) is 23.5. The van der Waals surface area contributed by atoms with Crippen LogP contribution in [0.15, 0.2) is 18.2 Å². The Bertz CT molecular complexity index is 746. The molecule has 1 aromatic rings. The van der Waals surface area contributed by atoms with Crippen molar-refractivity contribution in [1.29, 1.82) is 5.26 Å². The fourth-order valence-corrected chi connectivity index (χ4v) is 4.82. The molecule has 0 aromatic heterocycles. The highest BCUT2D eigenvalue weighted by atomic mass is 19.1. The molecule has 1 saturated carbocycles. The molecular weight excluding hydrogens is 391 g/mol. The van der Waals surface area contributed by atoms with Gasteiger partial charge in [0.05, 0.1) is 11.8 Å². The highest BCUT2D eigenvalue weighted by Crippen LogP contribution is 2.28. The predicted molar refractivity (Wildman–Crippen MR) is 122 cm³/mol. The molecule has 6 heteroatoms. The van der Waals surface area contributed by atoms with Gasteiger partial charge in [0.2, 0.25) is 5.91 Å². The average molecular weight is 429 g/mol. The number of benzene rings is 1. The predicted octanol–water partition coefficient (Wildman–Crippen LogP) is 4.27. The smallest absolute Gasteiger partial charge is 0.220 e. The molecule has 0 unspecified atom stereocenters. The third-order valence-electron chi connectivity index (χ3n) is 6.89. The summed E-state index contributed by atoms with van der Waals surface area (Å²) in [6, 6.07) is 7.88. The maximum Gasteiger partial charge on any atom is 0.220 e. The van der Waals surface area contributed by atoms with Crippen LogP contribution in [-0.4, -0.2) is 49.6 Å². The molecule has 1 heterocycles. The quantitative estimate of drug-likeness (QED) is 0.597. The number of nitrogens with one attached hydrogen (secondary N) is 1. The van der Waals surface area contributed by atoms with Crippen molar-refractivity contribution in [3.63, 3.8) is 0 Å². The SMILES string of the molecule is CCc1ccc(F)c(N2CCN(CCC3CCC(NC(=O)CCCC#N)CC3)CC2)c1. The Labute approximate surface area is 186 Å². The van der Waals surface area contributed by atoms with Crippen molar-refractivity contribution in [2.24, 2.45) is 5.92 Å². The summed E-state index contributed by atoms with van der Waals surface area (Å²) in [5.41, 5.74) is 1.94.